The predicted molar refractivity (Wildman–Crippen MR) is 121 cm³/mol. The lowest BCUT2D eigenvalue weighted by Crippen LogP contribution is -2.24. The number of ether oxygens (including phenoxy) is 1. The van der Waals surface area contributed by atoms with Gasteiger partial charge in [0.2, 0.25) is 0 Å². The molecule has 0 radical (unpaired) electrons. The van der Waals surface area contributed by atoms with Crippen molar-refractivity contribution in [3.05, 3.63) is 65.2 Å². The summed E-state index contributed by atoms with van der Waals surface area (Å²) in [6.07, 6.45) is 6.10. The lowest BCUT2D eigenvalue weighted by molar-refractivity contribution is -0.110. The smallest absolute Gasteiger partial charge is 0.280 e. The van der Waals surface area contributed by atoms with Crippen LogP contribution in [0.4, 0.5) is 5.13 Å². The van der Waals surface area contributed by atoms with E-state index in [0.29, 0.717) is 36.0 Å². The Morgan fingerprint density at radius 1 is 1.15 bits per heavy atom. The van der Waals surface area contributed by atoms with Gasteiger partial charge in [0.05, 0.1) is 21.6 Å². The molecule has 1 N–H and O–H groups in total. The van der Waals surface area contributed by atoms with Gasteiger partial charge in [-0.05, 0) is 31.0 Å². The first-order chi connectivity index (χ1) is 16.0. The van der Waals surface area contributed by atoms with Crippen molar-refractivity contribution in [1.29, 1.82) is 0 Å². The fraction of sp³-hybridized carbons (Fsp3) is 0.286. The zero-order valence-electron chi connectivity index (χ0n) is 17.7. The Labute approximate surface area is 194 Å². The van der Waals surface area contributed by atoms with Crippen LogP contribution < -0.4 is 5.32 Å². The van der Waals surface area contributed by atoms with Crippen molar-refractivity contribution in [3.63, 3.8) is 0 Å². The van der Waals surface area contributed by atoms with E-state index >= 15 is 0 Å². The molecule has 1 fully saturated rings. The maximum atomic E-state index is 13.0. The predicted octanol–water partition coefficient (Wildman–Crippen LogP) is 2.58. The summed E-state index contributed by atoms with van der Waals surface area (Å²) in [5.41, 5.74) is 0.356. The van der Waals surface area contributed by atoms with Crippen molar-refractivity contribution >= 4 is 37.9 Å². The quantitative estimate of drug-likeness (QED) is 0.341. The molecule has 4 rings (SSSR count). The van der Waals surface area contributed by atoms with Crippen molar-refractivity contribution < 1.29 is 22.8 Å². The summed E-state index contributed by atoms with van der Waals surface area (Å²) < 4.78 is 30.0. The van der Waals surface area contributed by atoms with Crippen LogP contribution in [0.2, 0.25) is 0 Å². The van der Waals surface area contributed by atoms with Gasteiger partial charge >= 0.3 is 0 Å². The number of nitrogens with zero attached hydrogens (tertiary/aromatic N) is 4. The van der Waals surface area contributed by atoms with Crippen LogP contribution in [0.3, 0.4) is 0 Å². The summed E-state index contributed by atoms with van der Waals surface area (Å²) in [5, 5.41) is 6.74. The van der Waals surface area contributed by atoms with E-state index in [1.165, 1.54) is 35.6 Å². The second-order valence-corrected chi connectivity index (χ2v) is 10.5. The number of oxime groups is 1. The minimum Gasteiger partial charge on any atom is -0.387 e. The number of carbonyl (C=O) groups excluding carboxylic acids is 1. The van der Waals surface area contributed by atoms with Crippen LogP contribution >= 0.6 is 11.3 Å². The number of sulfone groups is 1. The van der Waals surface area contributed by atoms with Gasteiger partial charge in [-0.2, -0.15) is 0 Å². The van der Waals surface area contributed by atoms with Crippen molar-refractivity contribution in [2.24, 2.45) is 5.16 Å². The SMILES string of the molecule is COCc1cnc(NC(=O)C(=NOCc2ncccn2)c2ccc(S(=O)(=O)C3CC3)cc2)s1. The van der Waals surface area contributed by atoms with E-state index in [-0.39, 0.29) is 22.5 Å². The fourth-order valence-corrected chi connectivity index (χ4v) is 5.32. The average molecular weight is 488 g/mol. The molecule has 0 bridgehead atoms. The number of benzene rings is 1. The van der Waals surface area contributed by atoms with Crippen molar-refractivity contribution in [2.45, 2.75) is 36.2 Å². The van der Waals surface area contributed by atoms with Crippen molar-refractivity contribution in [1.82, 2.24) is 15.0 Å². The summed E-state index contributed by atoms with van der Waals surface area (Å²) in [4.78, 5) is 31.6. The molecule has 12 heteroatoms. The van der Waals surface area contributed by atoms with Crippen LogP contribution in [-0.2, 0) is 37.4 Å². The van der Waals surface area contributed by atoms with Crippen LogP contribution in [0.1, 0.15) is 29.1 Å². The molecule has 0 aliphatic heterocycles. The first-order valence-electron chi connectivity index (χ1n) is 10.0. The van der Waals surface area contributed by atoms with Crippen LogP contribution in [0.15, 0.2) is 59.0 Å². The highest BCUT2D eigenvalue weighted by Crippen LogP contribution is 2.33. The average Bonchev–Trinajstić information content (AvgIpc) is 3.60. The van der Waals surface area contributed by atoms with Crippen molar-refractivity contribution in [2.75, 3.05) is 12.4 Å². The Bertz CT molecular complexity index is 1240. The number of anilines is 1. The van der Waals surface area contributed by atoms with Crippen LogP contribution in [0.25, 0.3) is 0 Å². The standard InChI is InChI=1S/C21H21N5O5S2/c1-30-12-15-11-24-21(32-15)25-20(27)19(26-31-13-18-22-9-2-10-23-18)14-3-5-16(6-4-14)33(28,29)17-7-8-17/h2-6,9-11,17H,7-8,12-13H2,1H3,(H,24,25,27). The molecule has 1 aliphatic rings. The topological polar surface area (TPSA) is 133 Å². The number of carbonyl (C=O) groups is 1. The first kappa shape index (κ1) is 23.0. The molecular formula is C21H21N5O5S2. The van der Waals surface area contributed by atoms with Gasteiger partial charge in [-0.15, -0.1) is 0 Å². The third-order valence-electron chi connectivity index (χ3n) is 4.66. The summed E-state index contributed by atoms with van der Waals surface area (Å²) in [6, 6.07) is 7.70. The number of hydrogen-bond acceptors (Lipinski definition) is 10. The Morgan fingerprint density at radius 3 is 2.55 bits per heavy atom. The molecule has 2 aromatic heterocycles. The molecule has 0 unspecified atom stereocenters. The molecular weight excluding hydrogens is 466 g/mol. The van der Waals surface area contributed by atoms with Gasteiger partial charge < -0.3 is 9.57 Å². The first-order valence-corrected chi connectivity index (χ1v) is 12.4. The number of nitrogens with one attached hydrogen (secondary N) is 1. The maximum Gasteiger partial charge on any atom is 0.280 e. The van der Waals surface area contributed by atoms with E-state index in [1.807, 2.05) is 0 Å². The molecule has 33 heavy (non-hydrogen) atoms. The number of thiazole rings is 1. The third-order valence-corrected chi connectivity index (χ3v) is 7.83. The second kappa shape index (κ2) is 10.1. The molecule has 1 amide bonds. The van der Waals surface area contributed by atoms with Gasteiger partial charge in [-0.3, -0.25) is 10.1 Å². The molecule has 0 spiro atoms. The van der Waals surface area contributed by atoms with Crippen LogP contribution in [0.5, 0.6) is 0 Å². The number of amides is 1. The van der Waals surface area contributed by atoms with E-state index in [0.717, 1.165) is 4.88 Å². The molecule has 3 aromatic rings. The highest BCUT2D eigenvalue weighted by atomic mass is 32.2. The Kier molecular flexibility index (Phi) is 7.06. The maximum absolute atomic E-state index is 13.0. The molecule has 172 valence electrons. The summed E-state index contributed by atoms with van der Waals surface area (Å²) in [7, 11) is -1.77. The van der Waals surface area contributed by atoms with Gasteiger partial charge in [0.1, 0.15) is 0 Å². The Balaban J connectivity index is 1.55. The van der Waals surface area contributed by atoms with Gasteiger partial charge in [0.25, 0.3) is 5.91 Å². The molecule has 10 nitrogen and oxygen atoms in total. The Hall–Kier alpha value is -3.22. The van der Waals surface area contributed by atoms with Gasteiger partial charge in [0, 0.05) is 31.3 Å². The van der Waals surface area contributed by atoms with E-state index in [2.05, 4.69) is 25.4 Å². The third kappa shape index (κ3) is 5.78. The largest absolute Gasteiger partial charge is 0.387 e. The number of methoxy groups -OCH3 is 1. The molecule has 2 heterocycles. The van der Waals surface area contributed by atoms with Gasteiger partial charge in [-0.1, -0.05) is 28.6 Å². The number of aromatic nitrogens is 3. The van der Waals surface area contributed by atoms with Crippen molar-refractivity contribution in [3.8, 4) is 0 Å². The normalized spacial score (nSPS) is 14.2. The minimum atomic E-state index is -3.34. The molecule has 0 saturated heterocycles. The second-order valence-electron chi connectivity index (χ2n) is 7.17. The summed E-state index contributed by atoms with van der Waals surface area (Å²) in [6.45, 7) is 0.340. The monoisotopic (exact) mass is 487 g/mol. The van der Waals surface area contributed by atoms with Gasteiger partial charge in [0.15, 0.2) is 33.1 Å². The van der Waals surface area contributed by atoms with Gasteiger partial charge in [-0.25, -0.2) is 23.4 Å². The fourth-order valence-electron chi connectivity index (χ4n) is 2.89. The van der Waals surface area contributed by atoms with E-state index in [9.17, 15) is 13.2 Å². The van der Waals surface area contributed by atoms with E-state index in [4.69, 9.17) is 9.57 Å². The Morgan fingerprint density at radius 2 is 1.88 bits per heavy atom. The minimum absolute atomic E-state index is 0.0372. The molecule has 0 atom stereocenters. The van der Waals surface area contributed by atoms with E-state index in [1.54, 1.807) is 31.8 Å². The van der Waals surface area contributed by atoms with Crippen LogP contribution in [-0.4, -0.2) is 47.3 Å². The highest BCUT2D eigenvalue weighted by molar-refractivity contribution is 7.92. The van der Waals surface area contributed by atoms with E-state index < -0.39 is 15.7 Å². The highest BCUT2D eigenvalue weighted by Gasteiger charge is 2.36. The lowest BCUT2D eigenvalue weighted by Gasteiger charge is -2.08. The molecule has 1 aliphatic carbocycles. The summed E-state index contributed by atoms with van der Waals surface area (Å²) >= 11 is 1.27. The lowest BCUT2D eigenvalue weighted by atomic mass is 10.1. The van der Waals surface area contributed by atoms with Crippen LogP contribution in [0, 0.1) is 0 Å². The zero-order valence-corrected chi connectivity index (χ0v) is 19.3. The number of rotatable bonds is 10. The molecule has 1 saturated carbocycles. The summed E-state index contributed by atoms with van der Waals surface area (Å²) in [5.74, 6) is -0.156. The number of hydrogen-bond donors (Lipinski definition) is 1. The molecule has 1 aromatic carbocycles. The zero-order chi connectivity index (χ0) is 23.3.